The summed E-state index contributed by atoms with van der Waals surface area (Å²) in [5.74, 6) is -2.89. The van der Waals surface area contributed by atoms with E-state index in [4.69, 9.17) is 4.74 Å². The second-order valence-corrected chi connectivity index (χ2v) is 8.91. The first-order valence-electron chi connectivity index (χ1n) is 9.37. The SMILES string of the molecule is CCS(=O)(=O)Nc1ccc(Oc2ccc(F)cc2F)cc1-c1c(C(F)(F)F)c(=O)ccn1C. The van der Waals surface area contributed by atoms with Gasteiger partial charge in [-0.15, -0.1) is 0 Å². The molecule has 0 aliphatic rings. The molecule has 0 spiro atoms. The number of aromatic nitrogens is 1. The van der Waals surface area contributed by atoms with Gasteiger partial charge in [-0.3, -0.25) is 9.52 Å². The molecule has 0 radical (unpaired) electrons. The number of anilines is 1. The van der Waals surface area contributed by atoms with Gasteiger partial charge in [0.1, 0.15) is 17.1 Å². The molecular weight excluding hydrogens is 471 g/mol. The number of nitrogens with one attached hydrogen (secondary N) is 1. The van der Waals surface area contributed by atoms with E-state index in [9.17, 15) is 35.2 Å². The lowest BCUT2D eigenvalue weighted by molar-refractivity contribution is -0.138. The molecule has 6 nitrogen and oxygen atoms in total. The summed E-state index contributed by atoms with van der Waals surface area (Å²) in [7, 11) is -2.67. The number of hydrogen-bond acceptors (Lipinski definition) is 4. The molecule has 3 rings (SSSR count). The first-order chi connectivity index (χ1) is 15.3. The minimum absolute atomic E-state index is 0.181. The van der Waals surface area contributed by atoms with Gasteiger partial charge in [0.05, 0.1) is 17.1 Å². The van der Waals surface area contributed by atoms with Crippen LogP contribution in [0.2, 0.25) is 0 Å². The van der Waals surface area contributed by atoms with Gasteiger partial charge < -0.3 is 9.30 Å². The number of hydrogen-bond donors (Lipinski definition) is 1. The molecule has 0 bridgehead atoms. The standard InChI is InChI=1S/C21H17F5N2O4S/c1-3-33(30,31)27-16-6-5-13(32-18-7-4-12(22)10-15(18)23)11-14(16)20-19(21(24,25)26)17(29)8-9-28(20)2/h4-11,27H,3H2,1-2H3. The molecule has 2 aromatic carbocycles. The highest BCUT2D eigenvalue weighted by Gasteiger charge is 2.38. The van der Waals surface area contributed by atoms with Crippen LogP contribution < -0.4 is 14.9 Å². The maximum absolute atomic E-state index is 14.0. The molecule has 0 aliphatic heterocycles. The zero-order valence-corrected chi connectivity index (χ0v) is 18.0. The third kappa shape index (κ3) is 5.33. The number of benzene rings is 2. The molecule has 0 saturated heterocycles. The topological polar surface area (TPSA) is 77.4 Å². The van der Waals surface area contributed by atoms with Crippen LogP contribution in [0.3, 0.4) is 0 Å². The number of ether oxygens (including phenoxy) is 1. The Bertz CT molecular complexity index is 1370. The van der Waals surface area contributed by atoms with Crippen LogP contribution in [0.1, 0.15) is 12.5 Å². The fraction of sp³-hybridized carbons (Fsp3) is 0.190. The van der Waals surface area contributed by atoms with E-state index in [1.54, 1.807) is 0 Å². The highest BCUT2D eigenvalue weighted by molar-refractivity contribution is 7.92. The lowest BCUT2D eigenvalue weighted by Crippen LogP contribution is -2.23. The average Bonchev–Trinajstić information content (AvgIpc) is 2.71. The smallest absolute Gasteiger partial charge is 0.422 e. The predicted molar refractivity (Wildman–Crippen MR) is 112 cm³/mol. The fourth-order valence-corrected chi connectivity index (χ4v) is 3.68. The molecule has 0 saturated carbocycles. The van der Waals surface area contributed by atoms with E-state index in [1.165, 1.54) is 20.0 Å². The van der Waals surface area contributed by atoms with Gasteiger partial charge in [0.15, 0.2) is 17.0 Å². The van der Waals surface area contributed by atoms with Crippen LogP contribution in [0, 0.1) is 11.6 Å². The van der Waals surface area contributed by atoms with Gasteiger partial charge in [0.25, 0.3) is 0 Å². The number of halogens is 5. The molecule has 0 fully saturated rings. The minimum Gasteiger partial charge on any atom is -0.454 e. The number of sulfonamides is 1. The third-order valence-corrected chi connectivity index (χ3v) is 5.87. The van der Waals surface area contributed by atoms with Gasteiger partial charge in [-0.25, -0.2) is 17.2 Å². The van der Waals surface area contributed by atoms with Gasteiger partial charge >= 0.3 is 6.18 Å². The third-order valence-electron chi connectivity index (χ3n) is 4.58. The van der Waals surface area contributed by atoms with Crippen LogP contribution in [-0.4, -0.2) is 18.7 Å². The van der Waals surface area contributed by atoms with Crippen molar-refractivity contribution in [3.63, 3.8) is 0 Å². The van der Waals surface area contributed by atoms with Crippen molar-refractivity contribution in [3.05, 3.63) is 76.1 Å². The second kappa shape index (κ2) is 8.85. The molecule has 176 valence electrons. The zero-order valence-electron chi connectivity index (χ0n) is 17.2. The first kappa shape index (κ1) is 24.2. The highest BCUT2D eigenvalue weighted by Crippen LogP contribution is 2.40. The lowest BCUT2D eigenvalue weighted by Gasteiger charge is -2.20. The number of pyridine rings is 1. The molecule has 33 heavy (non-hydrogen) atoms. The Hall–Kier alpha value is -3.41. The maximum atomic E-state index is 14.0. The van der Waals surface area contributed by atoms with Crippen LogP contribution in [0.25, 0.3) is 11.3 Å². The van der Waals surface area contributed by atoms with Crippen LogP contribution in [-0.2, 0) is 23.2 Å². The Labute approximate surface area is 185 Å². The Balaban J connectivity index is 2.27. The Morgan fingerprint density at radius 1 is 1.06 bits per heavy atom. The van der Waals surface area contributed by atoms with E-state index >= 15 is 0 Å². The largest absolute Gasteiger partial charge is 0.454 e. The highest BCUT2D eigenvalue weighted by atomic mass is 32.2. The first-order valence-corrected chi connectivity index (χ1v) is 11.0. The van der Waals surface area contributed by atoms with Crippen molar-refractivity contribution in [1.82, 2.24) is 4.57 Å². The predicted octanol–water partition coefficient (Wildman–Crippen LogP) is 4.90. The van der Waals surface area contributed by atoms with Crippen LogP contribution in [0.15, 0.2) is 53.5 Å². The van der Waals surface area contributed by atoms with Gasteiger partial charge in [0.2, 0.25) is 10.0 Å². The fourth-order valence-electron chi connectivity index (χ4n) is 3.03. The van der Waals surface area contributed by atoms with Gasteiger partial charge in [-0.2, -0.15) is 13.2 Å². The summed E-state index contributed by atoms with van der Waals surface area (Å²) >= 11 is 0. The molecule has 0 aliphatic carbocycles. The van der Waals surface area contributed by atoms with E-state index in [0.717, 1.165) is 41.1 Å². The maximum Gasteiger partial charge on any atom is 0.422 e. The number of aryl methyl sites for hydroxylation is 1. The van der Waals surface area contributed by atoms with Crippen molar-refractivity contribution in [2.24, 2.45) is 7.05 Å². The molecular formula is C21H17F5N2O4S. The summed E-state index contributed by atoms with van der Waals surface area (Å²) < 4.78 is 101. The van der Waals surface area contributed by atoms with Crippen molar-refractivity contribution in [3.8, 4) is 22.8 Å². The van der Waals surface area contributed by atoms with Crippen molar-refractivity contribution >= 4 is 15.7 Å². The summed E-state index contributed by atoms with van der Waals surface area (Å²) in [6, 6.07) is 6.54. The van der Waals surface area contributed by atoms with Crippen molar-refractivity contribution in [1.29, 1.82) is 0 Å². The summed E-state index contributed by atoms with van der Waals surface area (Å²) in [6.45, 7) is 1.33. The summed E-state index contributed by atoms with van der Waals surface area (Å²) in [5.41, 5.74) is -4.06. The Morgan fingerprint density at radius 2 is 1.76 bits per heavy atom. The van der Waals surface area contributed by atoms with Gasteiger partial charge in [0, 0.05) is 30.9 Å². The van der Waals surface area contributed by atoms with Crippen LogP contribution in [0.4, 0.5) is 27.6 Å². The Morgan fingerprint density at radius 3 is 2.36 bits per heavy atom. The van der Waals surface area contributed by atoms with Crippen LogP contribution in [0.5, 0.6) is 11.5 Å². The quantitative estimate of drug-likeness (QED) is 0.501. The van der Waals surface area contributed by atoms with E-state index in [1.807, 2.05) is 0 Å². The van der Waals surface area contributed by atoms with E-state index in [-0.39, 0.29) is 22.8 Å². The minimum atomic E-state index is -5.06. The van der Waals surface area contributed by atoms with Crippen molar-refractivity contribution in [2.75, 3.05) is 10.5 Å². The Kier molecular flexibility index (Phi) is 6.50. The van der Waals surface area contributed by atoms with E-state index < -0.39 is 50.3 Å². The number of alkyl halides is 3. The number of nitrogens with zero attached hydrogens (tertiary/aromatic N) is 1. The monoisotopic (exact) mass is 488 g/mol. The molecule has 12 heteroatoms. The summed E-state index contributed by atoms with van der Waals surface area (Å²) in [6.07, 6.45) is -3.97. The summed E-state index contributed by atoms with van der Waals surface area (Å²) in [4.78, 5) is 12.1. The molecule has 0 atom stereocenters. The molecule has 0 unspecified atom stereocenters. The lowest BCUT2D eigenvalue weighted by atomic mass is 10.0. The van der Waals surface area contributed by atoms with Gasteiger partial charge in [-0.1, -0.05) is 0 Å². The molecule has 1 N–H and O–H groups in total. The molecule has 1 heterocycles. The molecule has 0 amide bonds. The zero-order chi connectivity index (χ0) is 24.6. The van der Waals surface area contributed by atoms with E-state index in [0.29, 0.717) is 6.07 Å². The van der Waals surface area contributed by atoms with Crippen molar-refractivity contribution < 1.29 is 35.1 Å². The van der Waals surface area contributed by atoms with Crippen LogP contribution >= 0.6 is 0 Å². The van der Waals surface area contributed by atoms with Gasteiger partial charge in [-0.05, 0) is 37.3 Å². The average molecular weight is 488 g/mol. The van der Waals surface area contributed by atoms with E-state index in [2.05, 4.69) is 4.72 Å². The molecule has 3 aromatic rings. The molecule has 1 aromatic heterocycles. The summed E-state index contributed by atoms with van der Waals surface area (Å²) in [5, 5.41) is 0. The second-order valence-electron chi connectivity index (χ2n) is 6.90. The normalized spacial score (nSPS) is 12.0. The number of rotatable bonds is 6. The van der Waals surface area contributed by atoms with Crippen molar-refractivity contribution in [2.45, 2.75) is 13.1 Å².